The molecule has 2 fully saturated rings. The van der Waals surface area contributed by atoms with Crippen molar-refractivity contribution in [1.29, 1.82) is 5.26 Å². The van der Waals surface area contributed by atoms with E-state index in [0.29, 0.717) is 30.1 Å². The Morgan fingerprint density at radius 1 is 1.00 bits per heavy atom. The number of rotatable bonds is 5. The van der Waals surface area contributed by atoms with Crippen molar-refractivity contribution in [3.63, 3.8) is 0 Å². The van der Waals surface area contributed by atoms with Crippen LogP contribution in [0.1, 0.15) is 38.9 Å². The molecule has 0 atom stereocenters. The third kappa shape index (κ3) is 4.79. The number of piperidine rings is 1. The Balaban J connectivity index is 1.65. The van der Waals surface area contributed by atoms with E-state index in [9.17, 15) is 10.1 Å². The minimum atomic E-state index is -0.879. The number of nitriles is 1. The average Bonchev–Trinajstić information content (AvgIpc) is 3.35. The normalized spacial score (nSPS) is 18.0. The van der Waals surface area contributed by atoms with Gasteiger partial charge in [-0.25, -0.2) is 15.0 Å². The van der Waals surface area contributed by atoms with Gasteiger partial charge < -0.3 is 14.7 Å². The first-order valence-corrected chi connectivity index (χ1v) is 12.9. The molecule has 0 N–H and O–H groups in total. The molecule has 0 bridgehead atoms. The molecule has 0 unspecified atom stereocenters. The second kappa shape index (κ2) is 10.3. The van der Waals surface area contributed by atoms with Crippen LogP contribution in [0.5, 0.6) is 0 Å². The summed E-state index contributed by atoms with van der Waals surface area (Å²) in [7, 11) is 2.12. The smallest absolute Gasteiger partial charge is 0.266 e. The van der Waals surface area contributed by atoms with Crippen LogP contribution >= 0.6 is 0 Å². The van der Waals surface area contributed by atoms with Crippen LogP contribution in [-0.4, -0.2) is 86.5 Å². The summed E-state index contributed by atoms with van der Waals surface area (Å²) >= 11 is 0. The quantitative estimate of drug-likeness (QED) is 0.390. The summed E-state index contributed by atoms with van der Waals surface area (Å²) < 4.78 is 1.84. The second-order valence-electron chi connectivity index (χ2n) is 10.3. The lowest BCUT2D eigenvalue weighted by Gasteiger charge is -2.34. The van der Waals surface area contributed by atoms with E-state index >= 15 is 0 Å². The summed E-state index contributed by atoms with van der Waals surface area (Å²) in [5.41, 5.74) is 1.19. The highest BCUT2D eigenvalue weighted by molar-refractivity contribution is 6.04. The van der Waals surface area contributed by atoms with E-state index in [4.69, 9.17) is 4.98 Å². The molecule has 0 aliphatic carbocycles. The Morgan fingerprint density at radius 2 is 1.76 bits per heavy atom. The maximum absolute atomic E-state index is 13.8. The number of carbonyl (C=O) groups is 1. The van der Waals surface area contributed by atoms with Gasteiger partial charge in [0.05, 0.1) is 22.8 Å². The number of likely N-dealkylation sites (tertiary alicyclic amines) is 1. The van der Waals surface area contributed by atoms with Crippen molar-refractivity contribution in [2.45, 2.75) is 38.5 Å². The van der Waals surface area contributed by atoms with Gasteiger partial charge in [-0.3, -0.25) is 14.3 Å². The highest BCUT2D eigenvalue weighted by Gasteiger charge is 2.37. The number of imidazole rings is 1. The minimum absolute atomic E-state index is 0.0941. The van der Waals surface area contributed by atoms with Crippen LogP contribution in [-0.2, 0) is 10.2 Å². The zero-order valence-electron chi connectivity index (χ0n) is 21.8. The van der Waals surface area contributed by atoms with Crippen molar-refractivity contribution in [3.8, 4) is 6.07 Å². The van der Waals surface area contributed by atoms with Gasteiger partial charge in [-0.05, 0) is 52.3 Å². The molecule has 3 aromatic rings. The van der Waals surface area contributed by atoms with Gasteiger partial charge in [0.2, 0.25) is 0 Å². The van der Waals surface area contributed by atoms with E-state index in [1.165, 1.54) is 0 Å². The fourth-order valence-electron chi connectivity index (χ4n) is 5.20. The molecule has 1 amide bonds. The first kappa shape index (κ1) is 24.8. The van der Waals surface area contributed by atoms with Crippen LogP contribution in [0.3, 0.4) is 0 Å². The molecule has 0 saturated carbocycles. The predicted octanol–water partition coefficient (Wildman–Crippen LogP) is 2.70. The van der Waals surface area contributed by atoms with E-state index in [1.807, 2.05) is 30.5 Å². The molecule has 0 aromatic carbocycles. The third-order valence-electron chi connectivity index (χ3n) is 7.42. The lowest BCUT2D eigenvalue weighted by Crippen LogP contribution is -2.45. The first-order valence-electron chi connectivity index (χ1n) is 12.9. The number of allylic oxidation sites excluding steroid dienone is 1. The van der Waals surface area contributed by atoms with Gasteiger partial charge >= 0.3 is 0 Å². The summed E-state index contributed by atoms with van der Waals surface area (Å²) in [5, 5.41) is 10.4. The van der Waals surface area contributed by atoms with Crippen LogP contribution in [0, 0.1) is 11.3 Å². The molecule has 5 heterocycles. The summed E-state index contributed by atoms with van der Waals surface area (Å²) in [4.78, 5) is 38.4. The van der Waals surface area contributed by atoms with E-state index in [2.05, 4.69) is 37.9 Å². The molecule has 2 saturated heterocycles. The van der Waals surface area contributed by atoms with Crippen molar-refractivity contribution in [2.75, 3.05) is 51.2 Å². The van der Waals surface area contributed by atoms with Crippen molar-refractivity contribution in [2.24, 2.45) is 0 Å². The van der Waals surface area contributed by atoms with E-state index in [0.717, 1.165) is 56.8 Å². The third-order valence-corrected chi connectivity index (χ3v) is 7.42. The van der Waals surface area contributed by atoms with Crippen LogP contribution < -0.4 is 4.90 Å². The van der Waals surface area contributed by atoms with Gasteiger partial charge in [0.15, 0.2) is 0 Å². The molecule has 0 spiro atoms. The molecule has 2 aliphatic rings. The monoisotopic (exact) mass is 499 g/mol. The van der Waals surface area contributed by atoms with E-state index < -0.39 is 5.41 Å². The lowest BCUT2D eigenvalue weighted by molar-refractivity contribution is -0.127. The molecule has 37 heavy (non-hydrogen) atoms. The Bertz CT molecular complexity index is 1360. The number of likely N-dealkylation sites (N-methyl/N-ethyl adjacent to an activating group) is 1. The molecule has 0 radical (unpaired) electrons. The fourth-order valence-corrected chi connectivity index (χ4v) is 5.20. The zero-order chi connectivity index (χ0) is 26.0. The largest absolute Gasteiger partial charge is 0.354 e. The van der Waals surface area contributed by atoms with Crippen molar-refractivity contribution in [1.82, 2.24) is 34.3 Å². The number of carbonyl (C=O) groups excluding carboxylic acids is 1. The molecule has 2 aliphatic heterocycles. The van der Waals surface area contributed by atoms with Gasteiger partial charge in [0, 0.05) is 51.7 Å². The van der Waals surface area contributed by atoms with Gasteiger partial charge in [-0.15, -0.1) is 0 Å². The van der Waals surface area contributed by atoms with Crippen LogP contribution in [0.15, 0.2) is 42.6 Å². The number of fused-ring (bicyclic) bond motifs is 1. The number of piperazine rings is 1. The number of aromatic nitrogens is 5. The fraction of sp³-hybridized carbons (Fsp3) is 0.481. The van der Waals surface area contributed by atoms with Crippen molar-refractivity contribution in [3.05, 3.63) is 48.4 Å². The van der Waals surface area contributed by atoms with Crippen LogP contribution in [0.4, 0.5) is 5.82 Å². The SMILES string of the molecule is CN1CCN(c2ccnc(C(C)(C)C(=C(C#N)C(=O)N3CCCCC3)n3cnc4cnccc43)n2)CC1. The molecule has 10 heteroatoms. The number of nitrogens with zero attached hydrogens (tertiary/aromatic N) is 9. The summed E-state index contributed by atoms with van der Waals surface area (Å²) in [6.45, 7) is 8.94. The highest BCUT2D eigenvalue weighted by atomic mass is 16.2. The average molecular weight is 500 g/mol. The number of anilines is 1. The number of pyridine rings is 1. The van der Waals surface area contributed by atoms with Crippen LogP contribution in [0.25, 0.3) is 16.7 Å². The number of hydrogen-bond donors (Lipinski definition) is 0. The summed E-state index contributed by atoms with van der Waals surface area (Å²) in [6.07, 6.45) is 9.78. The predicted molar refractivity (Wildman–Crippen MR) is 142 cm³/mol. The lowest BCUT2D eigenvalue weighted by atomic mass is 9.84. The highest BCUT2D eigenvalue weighted by Crippen LogP contribution is 2.38. The van der Waals surface area contributed by atoms with E-state index in [-0.39, 0.29) is 11.5 Å². The first-order chi connectivity index (χ1) is 17.9. The Hall–Kier alpha value is -3.84. The topological polar surface area (TPSA) is 107 Å². The zero-order valence-corrected chi connectivity index (χ0v) is 21.8. The molecule has 10 nitrogen and oxygen atoms in total. The number of amides is 1. The van der Waals surface area contributed by atoms with Gasteiger partial charge in [0.1, 0.15) is 35.1 Å². The maximum Gasteiger partial charge on any atom is 0.266 e. The molecule has 192 valence electrons. The summed E-state index contributed by atoms with van der Waals surface area (Å²) in [6, 6.07) is 6.04. The summed E-state index contributed by atoms with van der Waals surface area (Å²) in [5.74, 6) is 1.15. The maximum atomic E-state index is 13.8. The minimum Gasteiger partial charge on any atom is -0.354 e. The second-order valence-corrected chi connectivity index (χ2v) is 10.3. The molecule has 5 rings (SSSR count). The van der Waals surface area contributed by atoms with Crippen molar-refractivity contribution >= 4 is 28.5 Å². The molecular weight excluding hydrogens is 466 g/mol. The Morgan fingerprint density at radius 3 is 2.49 bits per heavy atom. The van der Waals surface area contributed by atoms with Gasteiger partial charge in [0.25, 0.3) is 5.91 Å². The molecule has 3 aromatic heterocycles. The Labute approximate surface area is 217 Å². The number of hydrogen-bond acceptors (Lipinski definition) is 8. The van der Waals surface area contributed by atoms with E-state index in [1.54, 1.807) is 29.8 Å². The standard InChI is InChI=1S/C27H33N9O/c1-27(2,26-30-10-8-23(32-26)34-15-13-33(3)14-16-34)24(36-19-31-21-18-29-9-7-22(21)36)20(17-28)25(37)35-11-5-4-6-12-35/h7-10,18-19H,4-6,11-16H2,1-3H3. The van der Waals surface area contributed by atoms with Crippen LogP contribution in [0.2, 0.25) is 0 Å². The van der Waals surface area contributed by atoms with Crippen molar-refractivity contribution < 1.29 is 4.79 Å². The van der Waals surface area contributed by atoms with Gasteiger partial charge in [-0.2, -0.15) is 5.26 Å². The Kier molecular flexibility index (Phi) is 6.89. The molecular formula is C27H33N9O. The van der Waals surface area contributed by atoms with Gasteiger partial charge in [-0.1, -0.05) is 0 Å².